The SMILES string of the molecule is Cc1cc(=O)oc2cc(S(=O)(=O)C(C#N)=Cc3cc(C(C)(C)C)c(O)c(C(C)(C)C)c3)ccc12. The Labute approximate surface area is 200 Å². The lowest BCUT2D eigenvalue weighted by Gasteiger charge is -2.28. The fourth-order valence-electron chi connectivity index (χ4n) is 3.80. The topological polar surface area (TPSA) is 108 Å². The molecule has 1 N–H and O–H groups in total. The average molecular weight is 480 g/mol. The minimum Gasteiger partial charge on any atom is -0.507 e. The van der Waals surface area contributed by atoms with Crippen LogP contribution in [-0.2, 0) is 20.7 Å². The van der Waals surface area contributed by atoms with Crippen LogP contribution in [0.25, 0.3) is 17.0 Å². The number of hydrogen-bond acceptors (Lipinski definition) is 6. The molecule has 3 aromatic rings. The van der Waals surface area contributed by atoms with Crippen molar-refractivity contribution in [1.29, 1.82) is 5.26 Å². The van der Waals surface area contributed by atoms with Gasteiger partial charge in [-0.1, -0.05) is 41.5 Å². The van der Waals surface area contributed by atoms with Gasteiger partial charge in [-0.3, -0.25) is 0 Å². The predicted octanol–water partition coefficient (Wildman–Crippen LogP) is 5.74. The number of fused-ring (bicyclic) bond motifs is 1. The Hall–Kier alpha value is -3.37. The summed E-state index contributed by atoms with van der Waals surface area (Å²) in [5, 5.41) is 21.3. The minimum atomic E-state index is -4.20. The Morgan fingerprint density at radius 1 is 1.00 bits per heavy atom. The van der Waals surface area contributed by atoms with E-state index in [2.05, 4.69) is 0 Å². The molecule has 0 fully saturated rings. The molecule has 2 aromatic carbocycles. The molecule has 0 radical (unpaired) electrons. The number of nitrogens with zero attached hydrogens (tertiary/aromatic N) is 1. The molecule has 0 bridgehead atoms. The molecule has 3 rings (SSSR count). The number of nitriles is 1. The molecule has 0 atom stereocenters. The Morgan fingerprint density at radius 2 is 1.56 bits per heavy atom. The van der Waals surface area contributed by atoms with Crippen LogP contribution in [0, 0.1) is 18.3 Å². The maximum absolute atomic E-state index is 13.4. The molecule has 0 aliphatic carbocycles. The summed E-state index contributed by atoms with van der Waals surface area (Å²) in [4.78, 5) is 11.2. The van der Waals surface area contributed by atoms with Crippen LogP contribution in [0.5, 0.6) is 5.75 Å². The van der Waals surface area contributed by atoms with Gasteiger partial charge in [0.15, 0.2) is 0 Å². The van der Waals surface area contributed by atoms with E-state index in [-0.39, 0.29) is 16.2 Å². The molecule has 7 heteroatoms. The first-order valence-corrected chi connectivity index (χ1v) is 12.3. The molecule has 0 saturated carbocycles. The van der Waals surface area contributed by atoms with Crippen molar-refractivity contribution >= 4 is 26.9 Å². The lowest BCUT2D eigenvalue weighted by molar-refractivity contribution is 0.423. The largest absolute Gasteiger partial charge is 0.507 e. The van der Waals surface area contributed by atoms with Crippen molar-refractivity contribution in [3.8, 4) is 11.8 Å². The standard InChI is InChI=1S/C27H29NO5S/c1-16-10-24(29)33-23-14-18(8-9-20(16)23)34(31,32)19(15-28)11-17-12-21(26(2,3)4)25(30)22(13-17)27(5,6)7/h8-14,30H,1-7H3. The number of phenols is 1. The van der Waals surface area contributed by atoms with E-state index in [0.717, 1.165) is 0 Å². The van der Waals surface area contributed by atoms with Crippen LogP contribution in [-0.4, -0.2) is 13.5 Å². The minimum absolute atomic E-state index is 0.137. The quantitative estimate of drug-likeness (QED) is 0.379. The fraction of sp³-hybridized carbons (Fsp3) is 0.333. The van der Waals surface area contributed by atoms with Crippen LogP contribution in [0.15, 0.2) is 55.4 Å². The number of benzene rings is 2. The number of allylic oxidation sites excluding steroid dienone is 1. The van der Waals surface area contributed by atoms with E-state index < -0.39 is 31.2 Å². The third-order valence-corrected chi connectivity index (χ3v) is 7.34. The molecule has 0 aliphatic heterocycles. The molecule has 0 spiro atoms. The summed E-state index contributed by atoms with van der Waals surface area (Å²) in [7, 11) is -4.20. The van der Waals surface area contributed by atoms with Crippen LogP contribution >= 0.6 is 0 Å². The zero-order valence-electron chi connectivity index (χ0n) is 20.5. The second kappa shape index (κ2) is 8.44. The molecule has 6 nitrogen and oxygen atoms in total. The molecular formula is C27H29NO5S. The summed E-state index contributed by atoms with van der Waals surface area (Å²) in [6.45, 7) is 13.5. The first-order valence-electron chi connectivity index (χ1n) is 10.8. The van der Waals surface area contributed by atoms with Gasteiger partial charge in [0.1, 0.15) is 22.3 Å². The van der Waals surface area contributed by atoms with Gasteiger partial charge >= 0.3 is 5.63 Å². The van der Waals surface area contributed by atoms with E-state index in [1.807, 2.05) is 47.6 Å². The zero-order chi connectivity index (χ0) is 25.6. The van der Waals surface area contributed by atoms with Gasteiger partial charge in [-0.15, -0.1) is 0 Å². The molecule has 0 aliphatic rings. The Kier molecular flexibility index (Phi) is 6.27. The summed E-state index contributed by atoms with van der Waals surface area (Å²) in [6, 6.07) is 10.8. The molecule has 178 valence electrons. The van der Waals surface area contributed by atoms with Gasteiger partial charge in [-0.05, 0) is 59.2 Å². The van der Waals surface area contributed by atoms with Gasteiger partial charge in [0.05, 0.1) is 4.90 Å². The highest BCUT2D eigenvalue weighted by Crippen LogP contribution is 2.40. The van der Waals surface area contributed by atoms with Gasteiger partial charge in [0.2, 0.25) is 9.84 Å². The third kappa shape index (κ3) is 4.78. The Morgan fingerprint density at radius 3 is 2.06 bits per heavy atom. The van der Waals surface area contributed by atoms with E-state index in [9.17, 15) is 23.6 Å². The van der Waals surface area contributed by atoms with E-state index in [1.165, 1.54) is 24.3 Å². The number of rotatable bonds is 3. The lowest BCUT2D eigenvalue weighted by Crippen LogP contribution is -2.17. The number of hydrogen-bond donors (Lipinski definition) is 1. The first-order chi connectivity index (χ1) is 15.6. The molecule has 0 saturated heterocycles. The number of sulfone groups is 1. The molecule has 0 unspecified atom stereocenters. The van der Waals surface area contributed by atoms with Crippen LogP contribution in [0.4, 0.5) is 0 Å². The summed E-state index contributed by atoms with van der Waals surface area (Å²) >= 11 is 0. The van der Waals surface area contributed by atoms with Crippen molar-refractivity contribution in [2.75, 3.05) is 0 Å². The number of aryl methyl sites for hydroxylation is 1. The molecule has 0 amide bonds. The average Bonchev–Trinajstić information content (AvgIpc) is 2.70. The van der Waals surface area contributed by atoms with Gasteiger partial charge in [0, 0.05) is 28.6 Å². The maximum atomic E-state index is 13.4. The zero-order valence-corrected chi connectivity index (χ0v) is 21.3. The highest BCUT2D eigenvalue weighted by molar-refractivity contribution is 7.95. The monoisotopic (exact) mass is 479 g/mol. The van der Waals surface area contributed by atoms with Crippen molar-refractivity contribution in [3.63, 3.8) is 0 Å². The normalized spacial score (nSPS) is 13.2. The van der Waals surface area contributed by atoms with Crippen molar-refractivity contribution in [1.82, 2.24) is 0 Å². The molecule has 34 heavy (non-hydrogen) atoms. The smallest absolute Gasteiger partial charge is 0.336 e. The highest BCUT2D eigenvalue weighted by Gasteiger charge is 2.27. The fourth-order valence-corrected chi connectivity index (χ4v) is 4.98. The second-order valence-corrected chi connectivity index (χ2v) is 12.4. The van der Waals surface area contributed by atoms with Crippen LogP contribution in [0.1, 0.15) is 63.8 Å². The first kappa shape index (κ1) is 25.3. The predicted molar refractivity (Wildman–Crippen MR) is 134 cm³/mol. The third-order valence-electron chi connectivity index (χ3n) is 5.68. The second-order valence-electron chi connectivity index (χ2n) is 10.5. The summed E-state index contributed by atoms with van der Waals surface area (Å²) in [5.74, 6) is 0.165. The van der Waals surface area contributed by atoms with Crippen molar-refractivity contribution < 1.29 is 17.9 Å². The summed E-state index contributed by atoms with van der Waals surface area (Å²) < 4.78 is 31.9. The summed E-state index contributed by atoms with van der Waals surface area (Å²) in [5.41, 5.74) is 1.21. The molecule has 1 heterocycles. The molecular weight excluding hydrogens is 450 g/mol. The van der Waals surface area contributed by atoms with Gasteiger partial charge in [0.25, 0.3) is 0 Å². The van der Waals surface area contributed by atoms with E-state index >= 15 is 0 Å². The Bertz CT molecular complexity index is 1490. The lowest BCUT2D eigenvalue weighted by atomic mass is 9.78. The van der Waals surface area contributed by atoms with Crippen molar-refractivity contribution in [2.45, 2.75) is 64.2 Å². The number of phenolic OH excluding ortho intramolecular Hbond substituents is 1. The van der Waals surface area contributed by atoms with Gasteiger partial charge in [-0.2, -0.15) is 5.26 Å². The van der Waals surface area contributed by atoms with Crippen LogP contribution in [0.2, 0.25) is 0 Å². The van der Waals surface area contributed by atoms with Crippen LogP contribution < -0.4 is 5.63 Å². The number of aromatic hydroxyl groups is 1. The van der Waals surface area contributed by atoms with E-state index in [4.69, 9.17) is 4.42 Å². The van der Waals surface area contributed by atoms with Gasteiger partial charge < -0.3 is 9.52 Å². The molecule has 1 aromatic heterocycles. The van der Waals surface area contributed by atoms with E-state index in [1.54, 1.807) is 25.1 Å². The van der Waals surface area contributed by atoms with Crippen molar-refractivity contribution in [2.24, 2.45) is 0 Å². The van der Waals surface area contributed by atoms with Crippen molar-refractivity contribution in [3.05, 3.63) is 74.0 Å². The van der Waals surface area contributed by atoms with Crippen LogP contribution in [0.3, 0.4) is 0 Å². The Balaban J connectivity index is 2.24. The highest BCUT2D eigenvalue weighted by atomic mass is 32.2. The van der Waals surface area contributed by atoms with E-state index in [0.29, 0.717) is 27.6 Å². The summed E-state index contributed by atoms with van der Waals surface area (Å²) in [6.07, 6.45) is 1.32. The maximum Gasteiger partial charge on any atom is 0.336 e. The van der Waals surface area contributed by atoms with Gasteiger partial charge in [-0.25, -0.2) is 13.2 Å².